The Labute approximate surface area is 103 Å². The van der Waals surface area contributed by atoms with Crippen molar-refractivity contribution < 1.29 is 9.21 Å². The molecule has 0 aliphatic heterocycles. The van der Waals surface area contributed by atoms with Crippen LogP contribution in [-0.4, -0.2) is 5.78 Å². The molecule has 1 heterocycles. The van der Waals surface area contributed by atoms with E-state index in [-0.39, 0.29) is 11.7 Å². The number of Topliss-reactive ketones (excluding diaryl/α,β-unsaturated/α-hetero) is 1. The van der Waals surface area contributed by atoms with Gasteiger partial charge >= 0.3 is 0 Å². The normalized spacial score (nSPS) is 20.4. The maximum atomic E-state index is 11.7. The van der Waals surface area contributed by atoms with Gasteiger partial charge in [0.25, 0.3) is 0 Å². The average Bonchev–Trinajstić information content (AvgIpc) is 2.82. The van der Waals surface area contributed by atoms with Crippen LogP contribution in [0.15, 0.2) is 22.3 Å². The summed E-state index contributed by atoms with van der Waals surface area (Å²) in [6, 6.07) is 2.02. The van der Waals surface area contributed by atoms with Gasteiger partial charge in [-0.3, -0.25) is 4.79 Å². The van der Waals surface area contributed by atoms with E-state index in [9.17, 15) is 4.79 Å². The van der Waals surface area contributed by atoms with Crippen LogP contribution in [-0.2, 0) is 4.79 Å². The minimum atomic E-state index is 0.0404. The third-order valence-electron chi connectivity index (χ3n) is 3.67. The predicted octanol–water partition coefficient (Wildman–Crippen LogP) is 4.18. The predicted molar refractivity (Wildman–Crippen MR) is 68.8 cm³/mol. The Balaban J connectivity index is 2.47. The molecule has 17 heavy (non-hydrogen) atoms. The first-order valence-electron chi connectivity index (χ1n) is 6.30. The first-order valence-corrected chi connectivity index (χ1v) is 6.30. The molecule has 0 fully saturated rings. The van der Waals surface area contributed by atoms with Crippen LogP contribution in [0.5, 0.6) is 0 Å². The van der Waals surface area contributed by atoms with Crippen molar-refractivity contribution in [1.29, 1.82) is 0 Å². The summed E-state index contributed by atoms with van der Waals surface area (Å²) in [6.45, 7) is 8.11. The number of carbonyl (C=O) groups is 1. The van der Waals surface area contributed by atoms with Crippen molar-refractivity contribution in [2.24, 2.45) is 5.92 Å². The molecule has 1 atom stereocenters. The maximum absolute atomic E-state index is 11.7. The molecule has 0 aromatic carbocycles. The summed E-state index contributed by atoms with van der Waals surface area (Å²) < 4.78 is 5.65. The van der Waals surface area contributed by atoms with E-state index in [1.807, 2.05) is 6.07 Å². The molecule has 0 saturated heterocycles. The van der Waals surface area contributed by atoms with Gasteiger partial charge in [0.2, 0.25) is 0 Å². The zero-order valence-corrected chi connectivity index (χ0v) is 11.0. The van der Waals surface area contributed by atoms with Crippen molar-refractivity contribution in [1.82, 2.24) is 0 Å². The Morgan fingerprint density at radius 1 is 1.47 bits per heavy atom. The standard InChI is InChI=1S/C15H20O2/c1-9(2)12-7-8-17-15(12)14-10(3)5-6-13(14)11(4)16/h7-9,13H,5-6H2,1-4H3. The Kier molecular flexibility index (Phi) is 3.23. The van der Waals surface area contributed by atoms with Crippen LogP contribution < -0.4 is 0 Å². The summed E-state index contributed by atoms with van der Waals surface area (Å²) in [6.07, 6.45) is 3.69. The number of allylic oxidation sites excluding steroid dienone is 2. The fourth-order valence-corrected chi connectivity index (χ4v) is 2.69. The molecule has 0 bridgehead atoms. The SMILES string of the molecule is CC(=O)C1CCC(C)=C1c1occc1C(C)C. The van der Waals surface area contributed by atoms with E-state index < -0.39 is 0 Å². The first-order chi connectivity index (χ1) is 8.02. The molecule has 92 valence electrons. The molecular formula is C15H20O2. The highest BCUT2D eigenvalue weighted by atomic mass is 16.3. The molecule has 1 aromatic heterocycles. The second kappa shape index (κ2) is 4.52. The minimum Gasteiger partial charge on any atom is -0.464 e. The molecule has 0 amide bonds. The molecule has 0 radical (unpaired) electrons. The summed E-state index contributed by atoms with van der Waals surface area (Å²) in [7, 11) is 0. The highest BCUT2D eigenvalue weighted by Crippen LogP contribution is 2.42. The lowest BCUT2D eigenvalue weighted by Crippen LogP contribution is -2.10. The zero-order chi connectivity index (χ0) is 12.6. The van der Waals surface area contributed by atoms with Crippen molar-refractivity contribution >= 4 is 11.4 Å². The van der Waals surface area contributed by atoms with Crippen LogP contribution in [0.25, 0.3) is 5.57 Å². The van der Waals surface area contributed by atoms with Gasteiger partial charge in [-0.15, -0.1) is 0 Å². The quantitative estimate of drug-likeness (QED) is 0.782. The number of hydrogen-bond acceptors (Lipinski definition) is 2. The topological polar surface area (TPSA) is 30.2 Å². The van der Waals surface area contributed by atoms with E-state index in [2.05, 4.69) is 20.8 Å². The summed E-state index contributed by atoms with van der Waals surface area (Å²) in [5.41, 5.74) is 3.67. The molecule has 2 rings (SSSR count). The van der Waals surface area contributed by atoms with Gasteiger partial charge in [0.15, 0.2) is 0 Å². The fourth-order valence-electron chi connectivity index (χ4n) is 2.69. The third kappa shape index (κ3) is 2.08. The van der Waals surface area contributed by atoms with Gasteiger partial charge in [-0.2, -0.15) is 0 Å². The van der Waals surface area contributed by atoms with Crippen molar-refractivity contribution in [3.05, 3.63) is 29.2 Å². The first kappa shape index (κ1) is 12.2. The van der Waals surface area contributed by atoms with Crippen LogP contribution in [0.4, 0.5) is 0 Å². The Morgan fingerprint density at radius 3 is 2.76 bits per heavy atom. The van der Waals surface area contributed by atoms with Crippen LogP contribution in [0, 0.1) is 5.92 Å². The Bertz CT molecular complexity index is 463. The molecule has 1 aliphatic rings. The lowest BCUT2D eigenvalue weighted by molar-refractivity contribution is -0.119. The zero-order valence-electron chi connectivity index (χ0n) is 11.0. The van der Waals surface area contributed by atoms with E-state index in [1.165, 1.54) is 11.1 Å². The molecule has 2 heteroatoms. The summed E-state index contributed by atoms with van der Waals surface area (Å²) in [5.74, 6) is 1.66. The number of ketones is 1. The highest BCUT2D eigenvalue weighted by Gasteiger charge is 2.31. The number of rotatable bonds is 3. The van der Waals surface area contributed by atoms with Crippen LogP contribution >= 0.6 is 0 Å². The second-order valence-electron chi connectivity index (χ2n) is 5.26. The van der Waals surface area contributed by atoms with Gasteiger partial charge in [-0.1, -0.05) is 19.4 Å². The van der Waals surface area contributed by atoms with E-state index in [1.54, 1.807) is 13.2 Å². The molecule has 0 N–H and O–H groups in total. The van der Waals surface area contributed by atoms with E-state index in [0.29, 0.717) is 5.92 Å². The number of furan rings is 1. The molecule has 0 saturated carbocycles. The van der Waals surface area contributed by atoms with Gasteiger partial charge in [-0.25, -0.2) is 0 Å². The largest absolute Gasteiger partial charge is 0.464 e. The summed E-state index contributed by atoms with van der Waals surface area (Å²) in [5, 5.41) is 0. The van der Waals surface area contributed by atoms with Gasteiger partial charge in [0.05, 0.1) is 6.26 Å². The number of carbonyl (C=O) groups excluding carboxylic acids is 1. The number of hydrogen-bond donors (Lipinski definition) is 0. The summed E-state index contributed by atoms with van der Waals surface area (Å²) >= 11 is 0. The minimum absolute atomic E-state index is 0.0404. The van der Waals surface area contributed by atoms with Crippen LogP contribution in [0.1, 0.15) is 57.8 Å². The maximum Gasteiger partial charge on any atom is 0.137 e. The molecule has 2 nitrogen and oxygen atoms in total. The van der Waals surface area contributed by atoms with Crippen molar-refractivity contribution in [3.8, 4) is 0 Å². The second-order valence-corrected chi connectivity index (χ2v) is 5.26. The van der Waals surface area contributed by atoms with Gasteiger partial charge < -0.3 is 4.42 Å². The monoisotopic (exact) mass is 232 g/mol. The molecule has 1 aliphatic carbocycles. The molecule has 0 spiro atoms. The van der Waals surface area contributed by atoms with Crippen LogP contribution in [0.3, 0.4) is 0 Å². The van der Waals surface area contributed by atoms with Gasteiger partial charge in [-0.05, 0) is 38.7 Å². The Morgan fingerprint density at radius 2 is 2.18 bits per heavy atom. The van der Waals surface area contributed by atoms with Crippen molar-refractivity contribution in [3.63, 3.8) is 0 Å². The fraction of sp³-hybridized carbons (Fsp3) is 0.533. The molecular weight excluding hydrogens is 212 g/mol. The van der Waals surface area contributed by atoms with E-state index >= 15 is 0 Å². The average molecular weight is 232 g/mol. The summed E-state index contributed by atoms with van der Waals surface area (Å²) in [4.78, 5) is 11.7. The van der Waals surface area contributed by atoms with Gasteiger partial charge in [0, 0.05) is 17.1 Å². The highest BCUT2D eigenvalue weighted by molar-refractivity contribution is 5.93. The lowest BCUT2D eigenvalue weighted by Gasteiger charge is -2.13. The van der Waals surface area contributed by atoms with Gasteiger partial charge in [0.1, 0.15) is 11.5 Å². The lowest BCUT2D eigenvalue weighted by atomic mass is 9.90. The smallest absolute Gasteiger partial charge is 0.137 e. The van der Waals surface area contributed by atoms with E-state index in [0.717, 1.165) is 24.2 Å². The molecule has 1 unspecified atom stereocenters. The van der Waals surface area contributed by atoms with E-state index in [4.69, 9.17) is 4.42 Å². The van der Waals surface area contributed by atoms with Crippen LogP contribution in [0.2, 0.25) is 0 Å². The van der Waals surface area contributed by atoms with Crippen molar-refractivity contribution in [2.45, 2.75) is 46.5 Å². The Hall–Kier alpha value is -1.31. The molecule has 1 aromatic rings. The third-order valence-corrected chi connectivity index (χ3v) is 3.67. The van der Waals surface area contributed by atoms with Crippen molar-refractivity contribution in [2.75, 3.05) is 0 Å².